The van der Waals surface area contributed by atoms with Gasteiger partial charge in [-0.15, -0.1) is 0 Å². The Labute approximate surface area is 147 Å². The van der Waals surface area contributed by atoms with E-state index in [1.54, 1.807) is 19.2 Å². The van der Waals surface area contributed by atoms with Gasteiger partial charge in [0.25, 0.3) is 5.91 Å². The van der Waals surface area contributed by atoms with E-state index in [0.717, 1.165) is 30.9 Å². The third kappa shape index (κ3) is 3.40. The molecule has 3 rings (SSSR count). The Kier molecular flexibility index (Phi) is 5.38. The Bertz CT molecular complexity index is 720. The molecule has 2 aromatic carbocycles. The van der Waals surface area contributed by atoms with Crippen LogP contribution in [0.3, 0.4) is 0 Å². The van der Waals surface area contributed by atoms with Crippen LogP contribution >= 0.6 is 11.6 Å². The predicted molar refractivity (Wildman–Crippen MR) is 98.3 cm³/mol. The standard InChI is InChI=1S/C19H21ClN2O2/c1-24-14-13-21-11-6-12-22(18-10-5-4-9-17(18)21)19(23)15-7-2-3-8-16(15)20/h2-5,7-10H,6,11-14H2,1H3. The van der Waals surface area contributed by atoms with E-state index in [1.807, 2.05) is 35.2 Å². The molecule has 0 unspecified atom stereocenters. The summed E-state index contributed by atoms with van der Waals surface area (Å²) in [4.78, 5) is 17.2. The number of fused-ring (bicyclic) bond motifs is 1. The molecule has 24 heavy (non-hydrogen) atoms. The Hall–Kier alpha value is -2.04. The summed E-state index contributed by atoms with van der Waals surface area (Å²) in [6, 6.07) is 15.2. The number of benzene rings is 2. The van der Waals surface area contributed by atoms with Crippen molar-refractivity contribution in [1.82, 2.24) is 0 Å². The summed E-state index contributed by atoms with van der Waals surface area (Å²) in [6.45, 7) is 3.03. The summed E-state index contributed by atoms with van der Waals surface area (Å²) in [6.07, 6.45) is 0.897. The van der Waals surface area contributed by atoms with Crippen LogP contribution in [0, 0.1) is 0 Å². The number of amides is 1. The lowest BCUT2D eigenvalue weighted by Gasteiger charge is -2.26. The molecule has 126 valence electrons. The number of rotatable bonds is 4. The van der Waals surface area contributed by atoms with E-state index in [2.05, 4.69) is 11.0 Å². The molecule has 5 heteroatoms. The third-order valence-electron chi connectivity index (χ3n) is 4.24. The molecular formula is C19H21ClN2O2. The zero-order valence-electron chi connectivity index (χ0n) is 13.7. The zero-order chi connectivity index (χ0) is 16.9. The van der Waals surface area contributed by atoms with Crippen LogP contribution < -0.4 is 9.80 Å². The highest BCUT2D eigenvalue weighted by Crippen LogP contribution is 2.33. The molecule has 0 aromatic heterocycles. The van der Waals surface area contributed by atoms with E-state index in [-0.39, 0.29) is 5.91 Å². The van der Waals surface area contributed by atoms with Gasteiger partial charge in [-0.2, -0.15) is 0 Å². The van der Waals surface area contributed by atoms with Crippen LogP contribution in [0.1, 0.15) is 16.8 Å². The SMILES string of the molecule is COCCN1CCCN(C(=O)c2ccccc2Cl)c2ccccc21. The van der Waals surface area contributed by atoms with Crippen molar-refractivity contribution >= 4 is 28.9 Å². The lowest BCUT2D eigenvalue weighted by atomic mass is 10.1. The van der Waals surface area contributed by atoms with Crippen molar-refractivity contribution in [2.75, 3.05) is 43.2 Å². The van der Waals surface area contributed by atoms with E-state index < -0.39 is 0 Å². The molecule has 4 nitrogen and oxygen atoms in total. The van der Waals surface area contributed by atoms with Crippen LogP contribution in [-0.2, 0) is 4.74 Å². The number of nitrogens with zero attached hydrogens (tertiary/aromatic N) is 2. The normalized spacial score (nSPS) is 14.2. The number of carbonyl (C=O) groups is 1. The monoisotopic (exact) mass is 344 g/mol. The van der Waals surface area contributed by atoms with Gasteiger partial charge in [-0.3, -0.25) is 4.79 Å². The largest absolute Gasteiger partial charge is 0.383 e. The lowest BCUT2D eigenvalue weighted by Crippen LogP contribution is -2.31. The molecule has 0 saturated heterocycles. The molecule has 0 saturated carbocycles. The molecule has 1 heterocycles. The number of halogens is 1. The summed E-state index contributed by atoms with van der Waals surface area (Å²) in [5.41, 5.74) is 2.53. The second-order valence-electron chi connectivity index (χ2n) is 5.76. The fraction of sp³-hybridized carbons (Fsp3) is 0.316. The van der Waals surface area contributed by atoms with Gasteiger partial charge in [-0.05, 0) is 30.7 Å². The van der Waals surface area contributed by atoms with Crippen molar-refractivity contribution in [3.05, 3.63) is 59.1 Å². The minimum atomic E-state index is -0.0540. The van der Waals surface area contributed by atoms with Crippen LogP contribution in [0.5, 0.6) is 0 Å². The molecule has 0 aliphatic carbocycles. The average molecular weight is 345 g/mol. The van der Waals surface area contributed by atoms with Crippen molar-refractivity contribution in [3.63, 3.8) is 0 Å². The van der Waals surface area contributed by atoms with Crippen LogP contribution in [0.25, 0.3) is 0 Å². The second-order valence-corrected chi connectivity index (χ2v) is 6.17. The van der Waals surface area contributed by atoms with Crippen molar-refractivity contribution < 1.29 is 9.53 Å². The van der Waals surface area contributed by atoms with E-state index in [1.165, 1.54) is 0 Å². The summed E-state index contributed by atoms with van der Waals surface area (Å²) in [7, 11) is 1.71. The van der Waals surface area contributed by atoms with Gasteiger partial charge in [-0.25, -0.2) is 0 Å². The molecular weight excluding hydrogens is 324 g/mol. The minimum Gasteiger partial charge on any atom is -0.383 e. The quantitative estimate of drug-likeness (QED) is 0.844. The molecule has 0 bridgehead atoms. The Morgan fingerprint density at radius 3 is 2.54 bits per heavy atom. The summed E-state index contributed by atoms with van der Waals surface area (Å²) < 4.78 is 5.22. The number of ether oxygens (including phenoxy) is 1. The number of hydrogen-bond donors (Lipinski definition) is 0. The Morgan fingerprint density at radius 1 is 1.08 bits per heavy atom. The van der Waals surface area contributed by atoms with Crippen molar-refractivity contribution in [2.45, 2.75) is 6.42 Å². The topological polar surface area (TPSA) is 32.8 Å². The van der Waals surface area contributed by atoms with Crippen LogP contribution in [0.4, 0.5) is 11.4 Å². The highest BCUT2D eigenvalue weighted by Gasteiger charge is 2.26. The van der Waals surface area contributed by atoms with Crippen LogP contribution in [0.2, 0.25) is 5.02 Å². The molecule has 0 fully saturated rings. The fourth-order valence-corrected chi connectivity index (χ4v) is 3.26. The number of anilines is 2. The van der Waals surface area contributed by atoms with Gasteiger partial charge in [-0.1, -0.05) is 35.9 Å². The van der Waals surface area contributed by atoms with E-state index in [9.17, 15) is 4.79 Å². The maximum Gasteiger partial charge on any atom is 0.259 e. The second kappa shape index (κ2) is 7.69. The lowest BCUT2D eigenvalue weighted by molar-refractivity contribution is 0.0987. The zero-order valence-corrected chi connectivity index (χ0v) is 14.5. The van der Waals surface area contributed by atoms with Crippen LogP contribution in [0.15, 0.2) is 48.5 Å². The number of carbonyl (C=O) groups excluding carboxylic acids is 1. The maximum absolute atomic E-state index is 13.1. The van der Waals surface area contributed by atoms with Crippen molar-refractivity contribution in [1.29, 1.82) is 0 Å². The first kappa shape index (κ1) is 16.8. The summed E-state index contributed by atoms with van der Waals surface area (Å²) in [5, 5.41) is 0.487. The molecule has 1 amide bonds. The van der Waals surface area contributed by atoms with Gasteiger partial charge in [0.2, 0.25) is 0 Å². The van der Waals surface area contributed by atoms with Gasteiger partial charge in [0.15, 0.2) is 0 Å². The van der Waals surface area contributed by atoms with Gasteiger partial charge < -0.3 is 14.5 Å². The highest BCUT2D eigenvalue weighted by molar-refractivity contribution is 6.34. The Balaban J connectivity index is 1.96. The molecule has 1 aliphatic heterocycles. The molecule has 1 aliphatic rings. The smallest absolute Gasteiger partial charge is 0.259 e. The third-order valence-corrected chi connectivity index (χ3v) is 4.57. The fourth-order valence-electron chi connectivity index (χ4n) is 3.05. The van der Waals surface area contributed by atoms with E-state index >= 15 is 0 Å². The minimum absolute atomic E-state index is 0.0540. The number of hydrogen-bond acceptors (Lipinski definition) is 3. The molecule has 2 aromatic rings. The first-order valence-electron chi connectivity index (χ1n) is 8.11. The molecule has 0 spiro atoms. The van der Waals surface area contributed by atoms with E-state index in [4.69, 9.17) is 16.3 Å². The van der Waals surface area contributed by atoms with Crippen molar-refractivity contribution in [2.24, 2.45) is 0 Å². The van der Waals surface area contributed by atoms with Gasteiger partial charge in [0.1, 0.15) is 0 Å². The predicted octanol–water partition coefficient (Wildman–Crippen LogP) is 3.84. The molecule has 0 atom stereocenters. The van der Waals surface area contributed by atoms with Crippen LogP contribution in [-0.4, -0.2) is 39.3 Å². The van der Waals surface area contributed by atoms with Gasteiger partial charge >= 0.3 is 0 Å². The summed E-state index contributed by atoms with van der Waals surface area (Å²) >= 11 is 6.23. The average Bonchev–Trinajstić information content (AvgIpc) is 2.79. The van der Waals surface area contributed by atoms with E-state index in [0.29, 0.717) is 23.7 Å². The number of para-hydroxylation sites is 2. The first-order chi connectivity index (χ1) is 11.7. The molecule has 0 radical (unpaired) electrons. The van der Waals surface area contributed by atoms with Gasteiger partial charge in [0, 0.05) is 26.7 Å². The highest BCUT2D eigenvalue weighted by atomic mass is 35.5. The van der Waals surface area contributed by atoms with Gasteiger partial charge in [0.05, 0.1) is 28.6 Å². The Morgan fingerprint density at radius 2 is 1.79 bits per heavy atom. The number of methoxy groups -OCH3 is 1. The summed E-state index contributed by atoms with van der Waals surface area (Å²) in [5.74, 6) is -0.0540. The maximum atomic E-state index is 13.1. The van der Waals surface area contributed by atoms with Crippen molar-refractivity contribution in [3.8, 4) is 0 Å². The first-order valence-corrected chi connectivity index (χ1v) is 8.49. The molecule has 0 N–H and O–H groups in total.